The van der Waals surface area contributed by atoms with E-state index in [4.69, 9.17) is 16.3 Å². The van der Waals surface area contributed by atoms with Crippen LogP contribution in [0.2, 0.25) is 5.02 Å². The van der Waals surface area contributed by atoms with E-state index < -0.39 is 11.6 Å². The van der Waals surface area contributed by atoms with Crippen LogP contribution in [0.3, 0.4) is 0 Å². The normalized spacial score (nSPS) is 10.3. The summed E-state index contributed by atoms with van der Waals surface area (Å²) in [4.78, 5) is 12.2. The molecule has 2 nitrogen and oxygen atoms in total. The Morgan fingerprint density at radius 2 is 1.95 bits per heavy atom. The van der Waals surface area contributed by atoms with Crippen LogP contribution in [-0.4, -0.2) is 12.9 Å². The number of hydrogen-bond acceptors (Lipinski definition) is 2. The fraction of sp³-hybridized carbons (Fsp3) is 0.133. The highest BCUT2D eigenvalue weighted by Crippen LogP contribution is 2.22. The zero-order valence-corrected chi connectivity index (χ0v) is 11.3. The molecule has 0 heterocycles. The summed E-state index contributed by atoms with van der Waals surface area (Å²) in [6.07, 6.45) is 0. The molecule has 0 aliphatic heterocycles. The van der Waals surface area contributed by atoms with Crippen LogP contribution in [0.25, 0.3) is 0 Å². The summed E-state index contributed by atoms with van der Waals surface area (Å²) in [5, 5.41) is 0.486. The highest BCUT2D eigenvalue weighted by atomic mass is 35.5. The molecule has 0 amide bonds. The third-order valence-corrected chi connectivity index (χ3v) is 3.26. The second-order valence-corrected chi connectivity index (χ2v) is 4.55. The molecule has 0 fully saturated rings. The number of benzene rings is 2. The summed E-state index contributed by atoms with van der Waals surface area (Å²) < 4.78 is 18.7. The van der Waals surface area contributed by atoms with Gasteiger partial charge in [-0.3, -0.25) is 4.79 Å². The van der Waals surface area contributed by atoms with Crippen molar-refractivity contribution in [3.05, 3.63) is 63.9 Å². The average Bonchev–Trinajstić information content (AvgIpc) is 2.41. The molecule has 0 saturated heterocycles. The molecule has 2 rings (SSSR count). The lowest BCUT2D eigenvalue weighted by atomic mass is 10.0. The van der Waals surface area contributed by atoms with Crippen LogP contribution in [0.4, 0.5) is 4.39 Å². The Labute approximate surface area is 115 Å². The lowest BCUT2D eigenvalue weighted by Gasteiger charge is -2.06. The summed E-state index contributed by atoms with van der Waals surface area (Å²) in [7, 11) is 1.44. The third kappa shape index (κ3) is 2.76. The zero-order valence-electron chi connectivity index (χ0n) is 10.5. The molecule has 19 heavy (non-hydrogen) atoms. The molecule has 98 valence electrons. The molecule has 0 bridgehead atoms. The largest absolute Gasteiger partial charge is 0.497 e. The number of ketones is 1. The number of hydrogen-bond donors (Lipinski definition) is 0. The van der Waals surface area contributed by atoms with Gasteiger partial charge in [-0.15, -0.1) is 0 Å². The highest BCUT2D eigenvalue weighted by molar-refractivity contribution is 6.31. The van der Waals surface area contributed by atoms with Crippen molar-refractivity contribution < 1.29 is 13.9 Å². The number of methoxy groups -OCH3 is 1. The molecule has 0 N–H and O–H groups in total. The van der Waals surface area contributed by atoms with Crippen molar-refractivity contribution in [3.8, 4) is 5.75 Å². The van der Waals surface area contributed by atoms with Crippen molar-refractivity contribution in [1.29, 1.82) is 0 Å². The van der Waals surface area contributed by atoms with Gasteiger partial charge in [0.1, 0.15) is 11.6 Å². The van der Waals surface area contributed by atoms with E-state index in [9.17, 15) is 9.18 Å². The third-order valence-electron chi connectivity index (χ3n) is 2.85. The summed E-state index contributed by atoms with van der Waals surface area (Å²) in [5.41, 5.74) is 1.23. The molecule has 0 atom stereocenters. The van der Waals surface area contributed by atoms with Gasteiger partial charge in [0.15, 0.2) is 5.78 Å². The standard InChI is InChI=1S/C15H12ClFO2/c1-9-3-4-10(7-13(9)16)15(18)12-6-5-11(19-2)8-14(12)17/h3-8H,1-2H3. The predicted octanol–water partition coefficient (Wildman–Crippen LogP) is 4.03. The van der Waals surface area contributed by atoms with Gasteiger partial charge in [0.05, 0.1) is 12.7 Å². The average molecular weight is 279 g/mol. The van der Waals surface area contributed by atoms with Crippen molar-refractivity contribution in [1.82, 2.24) is 0 Å². The molecular formula is C15H12ClFO2. The van der Waals surface area contributed by atoms with E-state index in [1.165, 1.54) is 19.2 Å². The SMILES string of the molecule is COc1ccc(C(=O)c2ccc(C)c(Cl)c2)c(F)c1. The molecule has 2 aromatic rings. The molecule has 0 unspecified atom stereocenters. The first-order valence-corrected chi connectivity index (χ1v) is 6.05. The van der Waals surface area contributed by atoms with Crippen LogP contribution in [0.1, 0.15) is 21.5 Å². The topological polar surface area (TPSA) is 26.3 Å². The predicted molar refractivity (Wildman–Crippen MR) is 72.6 cm³/mol. The lowest BCUT2D eigenvalue weighted by Crippen LogP contribution is -2.04. The van der Waals surface area contributed by atoms with Crippen LogP contribution >= 0.6 is 11.6 Å². The number of aryl methyl sites for hydroxylation is 1. The first-order valence-electron chi connectivity index (χ1n) is 5.67. The monoisotopic (exact) mass is 278 g/mol. The fourth-order valence-electron chi connectivity index (χ4n) is 1.70. The van der Waals surface area contributed by atoms with Gasteiger partial charge in [0.25, 0.3) is 0 Å². The van der Waals surface area contributed by atoms with Crippen LogP contribution in [0.5, 0.6) is 5.75 Å². The van der Waals surface area contributed by atoms with E-state index >= 15 is 0 Å². The van der Waals surface area contributed by atoms with Gasteiger partial charge in [-0.2, -0.15) is 0 Å². The van der Waals surface area contributed by atoms with Crippen LogP contribution in [0.15, 0.2) is 36.4 Å². The Balaban J connectivity index is 2.41. The second-order valence-electron chi connectivity index (χ2n) is 4.14. The zero-order chi connectivity index (χ0) is 14.0. The number of carbonyl (C=O) groups excluding carboxylic acids is 1. The Bertz CT molecular complexity index is 638. The van der Waals surface area contributed by atoms with Crippen molar-refractivity contribution in [3.63, 3.8) is 0 Å². The Kier molecular flexibility index (Phi) is 3.86. The molecular weight excluding hydrogens is 267 g/mol. The van der Waals surface area contributed by atoms with Gasteiger partial charge in [-0.1, -0.05) is 23.7 Å². The highest BCUT2D eigenvalue weighted by Gasteiger charge is 2.15. The second kappa shape index (κ2) is 5.41. The minimum absolute atomic E-state index is 0.000666. The number of ether oxygens (including phenoxy) is 1. The first kappa shape index (κ1) is 13.6. The van der Waals surface area contributed by atoms with E-state index in [1.54, 1.807) is 24.3 Å². The van der Waals surface area contributed by atoms with Crippen LogP contribution in [-0.2, 0) is 0 Å². The van der Waals surface area contributed by atoms with E-state index in [1.807, 2.05) is 6.92 Å². The van der Waals surface area contributed by atoms with Gasteiger partial charge >= 0.3 is 0 Å². The minimum atomic E-state index is -0.610. The maximum atomic E-state index is 13.8. The summed E-state index contributed by atoms with van der Waals surface area (Å²) in [6, 6.07) is 9.05. The summed E-state index contributed by atoms with van der Waals surface area (Å²) in [5.74, 6) is -0.640. The molecule has 0 radical (unpaired) electrons. The van der Waals surface area contributed by atoms with Crippen LogP contribution < -0.4 is 4.74 Å². The Hall–Kier alpha value is -1.87. The van der Waals surface area contributed by atoms with Crippen molar-refractivity contribution >= 4 is 17.4 Å². The molecule has 0 aromatic heterocycles. The van der Waals surface area contributed by atoms with Crippen molar-refractivity contribution in [2.24, 2.45) is 0 Å². The van der Waals surface area contributed by atoms with Crippen molar-refractivity contribution in [2.75, 3.05) is 7.11 Å². The Morgan fingerprint density at radius 1 is 1.21 bits per heavy atom. The van der Waals surface area contributed by atoms with Gasteiger partial charge in [-0.05, 0) is 30.7 Å². The lowest BCUT2D eigenvalue weighted by molar-refractivity contribution is 0.103. The van der Waals surface area contributed by atoms with Gasteiger partial charge < -0.3 is 4.74 Å². The number of carbonyl (C=O) groups is 1. The molecule has 0 saturated carbocycles. The molecule has 0 aliphatic rings. The van der Waals surface area contributed by atoms with E-state index in [-0.39, 0.29) is 5.56 Å². The maximum Gasteiger partial charge on any atom is 0.196 e. The fourth-order valence-corrected chi connectivity index (χ4v) is 1.88. The number of halogens is 2. The minimum Gasteiger partial charge on any atom is -0.497 e. The smallest absolute Gasteiger partial charge is 0.196 e. The number of rotatable bonds is 3. The maximum absolute atomic E-state index is 13.8. The quantitative estimate of drug-likeness (QED) is 0.793. The van der Waals surface area contributed by atoms with Gasteiger partial charge in [-0.25, -0.2) is 4.39 Å². The Morgan fingerprint density at radius 3 is 2.53 bits per heavy atom. The van der Waals surface area contributed by atoms with Crippen LogP contribution in [0, 0.1) is 12.7 Å². The van der Waals surface area contributed by atoms with Crippen molar-refractivity contribution in [2.45, 2.75) is 6.92 Å². The molecule has 2 aromatic carbocycles. The van der Waals surface area contributed by atoms with E-state index in [2.05, 4.69) is 0 Å². The van der Waals surface area contributed by atoms with E-state index in [0.29, 0.717) is 16.3 Å². The summed E-state index contributed by atoms with van der Waals surface area (Å²) >= 11 is 5.97. The first-order chi connectivity index (χ1) is 9.02. The van der Waals surface area contributed by atoms with Gasteiger partial charge in [0, 0.05) is 16.7 Å². The molecule has 0 spiro atoms. The summed E-state index contributed by atoms with van der Waals surface area (Å²) in [6.45, 7) is 1.84. The molecule has 0 aliphatic carbocycles. The van der Waals surface area contributed by atoms with E-state index in [0.717, 1.165) is 5.56 Å². The molecule has 4 heteroatoms. The van der Waals surface area contributed by atoms with Gasteiger partial charge in [0.2, 0.25) is 0 Å².